The van der Waals surface area contributed by atoms with Crippen LogP contribution in [0.4, 0.5) is 0 Å². The summed E-state index contributed by atoms with van der Waals surface area (Å²) in [7, 11) is 3.27. The molecule has 0 N–H and O–H groups in total. The van der Waals surface area contributed by atoms with Crippen molar-refractivity contribution in [2.75, 3.05) is 14.2 Å². The summed E-state index contributed by atoms with van der Waals surface area (Å²) in [6.45, 7) is 0.665. The second kappa shape index (κ2) is 9.89. The molecule has 0 aliphatic rings. The second-order valence-corrected chi connectivity index (χ2v) is 8.22. The molecule has 1 amide bonds. The van der Waals surface area contributed by atoms with Gasteiger partial charge in [0.05, 0.1) is 24.9 Å². The Kier molecular flexibility index (Phi) is 6.78. The van der Waals surface area contributed by atoms with Crippen LogP contribution in [0.5, 0.6) is 11.5 Å². The van der Waals surface area contributed by atoms with Crippen LogP contribution in [-0.2, 0) is 13.2 Å². The Labute approximate surface area is 195 Å². The number of hydrogen-bond acceptors (Lipinski definition) is 6. The first-order valence-corrected chi connectivity index (χ1v) is 11.1. The average molecular weight is 469 g/mol. The van der Waals surface area contributed by atoms with Gasteiger partial charge in [-0.15, -0.1) is 11.3 Å². The summed E-state index contributed by atoms with van der Waals surface area (Å²) >= 11 is 7.45. The quantitative estimate of drug-likeness (QED) is 0.321. The van der Waals surface area contributed by atoms with Gasteiger partial charge in [-0.1, -0.05) is 11.6 Å². The highest BCUT2D eigenvalue weighted by atomic mass is 35.5. The molecule has 2 heterocycles. The Morgan fingerprint density at radius 3 is 2.66 bits per heavy atom. The van der Waals surface area contributed by atoms with Crippen LogP contribution in [0.25, 0.3) is 11.3 Å². The third-order valence-electron chi connectivity index (χ3n) is 4.80. The van der Waals surface area contributed by atoms with Crippen molar-refractivity contribution in [3.63, 3.8) is 0 Å². The summed E-state index contributed by atoms with van der Waals surface area (Å²) < 4.78 is 17.1. The van der Waals surface area contributed by atoms with Crippen LogP contribution in [0.3, 0.4) is 0 Å². The number of hydrogen-bond donors (Lipinski definition) is 0. The van der Waals surface area contributed by atoms with E-state index in [0.717, 1.165) is 17.0 Å². The molecule has 164 valence electrons. The van der Waals surface area contributed by atoms with E-state index in [-0.39, 0.29) is 5.91 Å². The average Bonchev–Trinajstić information content (AvgIpc) is 3.50. The minimum atomic E-state index is -0.154. The van der Waals surface area contributed by atoms with Crippen LogP contribution < -0.4 is 9.47 Å². The molecule has 0 aliphatic carbocycles. The fraction of sp³-hybridized carbons (Fsp3) is 0.167. The van der Waals surface area contributed by atoms with Crippen molar-refractivity contribution in [3.05, 3.63) is 87.5 Å². The summed E-state index contributed by atoms with van der Waals surface area (Å²) in [5, 5.41) is 2.59. The molecule has 4 rings (SSSR count). The van der Waals surface area contributed by atoms with Gasteiger partial charge in [-0.05, 0) is 54.6 Å². The molecule has 2 aromatic carbocycles. The first-order chi connectivity index (χ1) is 15.5. The standard InChI is InChI=1S/C24H21ClN2O4S/c1-27(12-20-8-10-21(31-20)16-3-6-18(25)7-4-16)24(28)17-5-9-22(23(11-17)29-2)30-13-19-14-32-15-26-19/h3-11,14-15H,12-13H2,1-2H3. The molecule has 2 aromatic heterocycles. The SMILES string of the molecule is COc1cc(C(=O)N(C)Cc2ccc(-c3ccc(Cl)cc3)o2)ccc1OCc1cscn1. The Morgan fingerprint density at radius 2 is 1.94 bits per heavy atom. The third-order valence-corrected chi connectivity index (χ3v) is 5.69. The molecule has 0 fully saturated rings. The van der Waals surface area contributed by atoms with Crippen LogP contribution >= 0.6 is 22.9 Å². The fourth-order valence-corrected chi connectivity index (χ4v) is 3.81. The predicted octanol–water partition coefficient (Wildman–Crippen LogP) is 5.92. The van der Waals surface area contributed by atoms with Crippen molar-refractivity contribution in [1.29, 1.82) is 0 Å². The molecule has 0 radical (unpaired) electrons. The zero-order chi connectivity index (χ0) is 22.5. The molecule has 0 bridgehead atoms. The smallest absolute Gasteiger partial charge is 0.254 e. The van der Waals surface area contributed by atoms with E-state index in [1.54, 1.807) is 42.8 Å². The summed E-state index contributed by atoms with van der Waals surface area (Å²) in [4.78, 5) is 18.7. The summed E-state index contributed by atoms with van der Waals surface area (Å²) in [6.07, 6.45) is 0. The molecule has 0 spiro atoms. The number of halogens is 1. The minimum Gasteiger partial charge on any atom is -0.493 e. The van der Waals surface area contributed by atoms with Crippen molar-refractivity contribution in [1.82, 2.24) is 9.88 Å². The number of amides is 1. The number of carbonyl (C=O) groups is 1. The van der Waals surface area contributed by atoms with Crippen molar-refractivity contribution < 1.29 is 18.7 Å². The molecule has 0 aliphatic heterocycles. The van der Waals surface area contributed by atoms with Gasteiger partial charge in [-0.25, -0.2) is 4.98 Å². The monoisotopic (exact) mass is 468 g/mol. The third kappa shape index (κ3) is 5.12. The van der Waals surface area contributed by atoms with Gasteiger partial charge in [0.15, 0.2) is 11.5 Å². The van der Waals surface area contributed by atoms with Gasteiger partial charge in [-0.3, -0.25) is 4.79 Å². The number of aromatic nitrogens is 1. The Morgan fingerprint density at radius 1 is 1.12 bits per heavy atom. The maximum atomic E-state index is 13.0. The van der Waals surface area contributed by atoms with Crippen molar-refractivity contribution in [2.45, 2.75) is 13.2 Å². The molecule has 4 aromatic rings. The van der Waals surface area contributed by atoms with Gasteiger partial charge < -0.3 is 18.8 Å². The Hall–Kier alpha value is -3.29. The largest absolute Gasteiger partial charge is 0.493 e. The highest BCUT2D eigenvalue weighted by Crippen LogP contribution is 2.30. The van der Waals surface area contributed by atoms with E-state index >= 15 is 0 Å². The summed E-state index contributed by atoms with van der Waals surface area (Å²) in [6, 6.07) is 16.3. The molecular weight excluding hydrogens is 448 g/mol. The topological polar surface area (TPSA) is 64.8 Å². The predicted molar refractivity (Wildman–Crippen MR) is 124 cm³/mol. The number of thiazole rings is 1. The highest BCUT2D eigenvalue weighted by Gasteiger charge is 2.17. The maximum absolute atomic E-state index is 13.0. The number of furan rings is 1. The van der Waals surface area contributed by atoms with Crippen LogP contribution in [-0.4, -0.2) is 29.9 Å². The molecule has 6 nitrogen and oxygen atoms in total. The number of rotatable bonds is 8. The van der Waals surface area contributed by atoms with Gasteiger partial charge in [-0.2, -0.15) is 0 Å². The molecular formula is C24H21ClN2O4S. The van der Waals surface area contributed by atoms with Crippen molar-refractivity contribution >= 4 is 28.8 Å². The van der Waals surface area contributed by atoms with E-state index in [9.17, 15) is 4.79 Å². The lowest BCUT2D eigenvalue weighted by Crippen LogP contribution is -2.26. The number of carbonyl (C=O) groups excluding carboxylic acids is 1. The zero-order valence-electron chi connectivity index (χ0n) is 17.6. The van der Waals surface area contributed by atoms with Crippen LogP contribution in [0.15, 0.2) is 69.9 Å². The van der Waals surface area contributed by atoms with Crippen LogP contribution in [0, 0.1) is 0 Å². The first-order valence-electron chi connectivity index (χ1n) is 9.81. The van der Waals surface area contributed by atoms with Crippen LogP contribution in [0.2, 0.25) is 5.02 Å². The lowest BCUT2D eigenvalue weighted by atomic mass is 10.1. The molecule has 8 heteroatoms. The van der Waals surface area contributed by atoms with E-state index in [2.05, 4.69) is 4.98 Å². The second-order valence-electron chi connectivity index (χ2n) is 7.07. The van der Waals surface area contributed by atoms with Gasteiger partial charge in [0, 0.05) is 28.6 Å². The van der Waals surface area contributed by atoms with Gasteiger partial charge in [0.2, 0.25) is 0 Å². The van der Waals surface area contributed by atoms with E-state index in [1.807, 2.05) is 41.8 Å². The number of ether oxygens (including phenoxy) is 2. The van der Waals surface area contributed by atoms with Gasteiger partial charge >= 0.3 is 0 Å². The number of nitrogens with zero attached hydrogens (tertiary/aromatic N) is 2. The van der Waals surface area contributed by atoms with E-state index < -0.39 is 0 Å². The maximum Gasteiger partial charge on any atom is 0.254 e. The van der Waals surface area contributed by atoms with Crippen molar-refractivity contribution in [2.24, 2.45) is 0 Å². The fourth-order valence-electron chi connectivity index (χ4n) is 3.14. The number of benzene rings is 2. The Balaban J connectivity index is 1.42. The Bertz CT molecular complexity index is 1190. The zero-order valence-corrected chi connectivity index (χ0v) is 19.2. The molecule has 0 atom stereocenters. The van der Waals surface area contributed by atoms with Gasteiger partial charge in [0.25, 0.3) is 5.91 Å². The van der Waals surface area contributed by atoms with Crippen molar-refractivity contribution in [3.8, 4) is 22.8 Å². The lowest BCUT2D eigenvalue weighted by Gasteiger charge is -2.17. The van der Waals surface area contributed by atoms with E-state index in [1.165, 1.54) is 11.3 Å². The molecule has 0 unspecified atom stereocenters. The minimum absolute atomic E-state index is 0.154. The first kappa shape index (κ1) is 21.9. The van der Waals surface area contributed by atoms with E-state index in [4.69, 9.17) is 25.5 Å². The highest BCUT2D eigenvalue weighted by molar-refractivity contribution is 7.07. The van der Waals surface area contributed by atoms with Gasteiger partial charge in [0.1, 0.15) is 18.1 Å². The van der Waals surface area contributed by atoms with E-state index in [0.29, 0.717) is 41.0 Å². The number of methoxy groups -OCH3 is 1. The summed E-state index contributed by atoms with van der Waals surface area (Å²) in [5.74, 6) is 2.29. The lowest BCUT2D eigenvalue weighted by molar-refractivity contribution is 0.0775. The molecule has 0 saturated carbocycles. The molecule has 32 heavy (non-hydrogen) atoms. The normalized spacial score (nSPS) is 10.7. The van der Waals surface area contributed by atoms with Crippen LogP contribution in [0.1, 0.15) is 21.8 Å². The molecule has 0 saturated heterocycles. The summed E-state index contributed by atoms with van der Waals surface area (Å²) in [5.41, 5.74) is 4.01.